The third-order valence-electron chi connectivity index (χ3n) is 3.85. The molecule has 1 amide bonds. The molecule has 0 spiro atoms. The van der Waals surface area contributed by atoms with Crippen molar-refractivity contribution in [3.8, 4) is 0 Å². The van der Waals surface area contributed by atoms with Gasteiger partial charge in [-0.1, -0.05) is 23.7 Å². The summed E-state index contributed by atoms with van der Waals surface area (Å²) in [5.41, 5.74) is 1.18. The summed E-state index contributed by atoms with van der Waals surface area (Å²) in [4.78, 5) is 17.7. The van der Waals surface area contributed by atoms with E-state index in [-0.39, 0.29) is 5.91 Å². The fraction of sp³-hybridized carbons (Fsp3) is 0.250. The Bertz CT molecular complexity index is 697. The smallest absolute Gasteiger partial charge is 0.269 e. The number of amides is 1. The van der Waals surface area contributed by atoms with Crippen molar-refractivity contribution in [1.82, 2.24) is 10.3 Å². The van der Waals surface area contributed by atoms with Gasteiger partial charge < -0.3 is 15.3 Å². The summed E-state index contributed by atoms with van der Waals surface area (Å²) in [6.07, 6.45) is 1.60. The van der Waals surface area contributed by atoms with Crippen molar-refractivity contribution < 1.29 is 9.90 Å². The molecule has 3 rings (SSSR count). The van der Waals surface area contributed by atoms with Gasteiger partial charge >= 0.3 is 0 Å². The molecule has 0 unspecified atom stereocenters. The molecule has 22 heavy (non-hydrogen) atoms. The predicted octanol–water partition coefficient (Wildman–Crippen LogP) is 1.80. The van der Waals surface area contributed by atoms with E-state index in [1.54, 1.807) is 31.4 Å². The molecule has 0 radical (unpaired) electrons. The SMILES string of the molecule is CNC(=O)c1cc(N2CC(O)(c3ccc(Cl)cc3)C2)ccn1. The van der Waals surface area contributed by atoms with Crippen LogP contribution in [0.3, 0.4) is 0 Å². The molecule has 2 N–H and O–H groups in total. The Balaban J connectivity index is 1.75. The number of carbonyl (C=O) groups excluding carboxylic acids is 1. The number of hydrogen-bond acceptors (Lipinski definition) is 4. The number of hydrogen-bond donors (Lipinski definition) is 2. The van der Waals surface area contributed by atoms with Crippen LogP contribution in [0.1, 0.15) is 16.1 Å². The van der Waals surface area contributed by atoms with Crippen molar-refractivity contribution in [1.29, 1.82) is 0 Å². The molecule has 0 saturated carbocycles. The number of β-amino-alcohol motifs (C(OH)–C–C–N with tert-alkyl or cyclic N) is 1. The van der Waals surface area contributed by atoms with E-state index >= 15 is 0 Å². The Morgan fingerprint density at radius 3 is 2.64 bits per heavy atom. The molecule has 1 aromatic carbocycles. The summed E-state index contributed by atoms with van der Waals surface area (Å²) in [7, 11) is 1.57. The van der Waals surface area contributed by atoms with Gasteiger partial charge in [-0.05, 0) is 29.8 Å². The molecule has 2 aromatic rings. The van der Waals surface area contributed by atoms with Crippen LogP contribution in [-0.4, -0.2) is 36.1 Å². The number of aliphatic hydroxyl groups is 1. The van der Waals surface area contributed by atoms with E-state index in [2.05, 4.69) is 10.3 Å². The zero-order valence-electron chi connectivity index (χ0n) is 12.1. The lowest BCUT2D eigenvalue weighted by Crippen LogP contribution is -2.59. The number of pyridine rings is 1. The summed E-state index contributed by atoms with van der Waals surface area (Å²) in [5.74, 6) is -0.227. The predicted molar refractivity (Wildman–Crippen MR) is 85.2 cm³/mol. The molecule has 1 aliphatic heterocycles. The fourth-order valence-electron chi connectivity index (χ4n) is 2.58. The van der Waals surface area contributed by atoms with E-state index in [0.29, 0.717) is 23.8 Å². The highest BCUT2D eigenvalue weighted by Gasteiger charge is 2.42. The lowest BCUT2D eigenvalue weighted by molar-refractivity contribution is 0.00754. The Hall–Kier alpha value is -2.11. The summed E-state index contributed by atoms with van der Waals surface area (Å²) in [6, 6.07) is 10.8. The van der Waals surface area contributed by atoms with Crippen LogP contribution in [-0.2, 0) is 5.60 Å². The quantitative estimate of drug-likeness (QED) is 0.906. The van der Waals surface area contributed by atoms with Gasteiger partial charge in [-0.2, -0.15) is 0 Å². The topological polar surface area (TPSA) is 65.5 Å². The molecular formula is C16H16ClN3O2. The number of anilines is 1. The minimum absolute atomic E-state index is 0.227. The van der Waals surface area contributed by atoms with Gasteiger partial charge in [-0.15, -0.1) is 0 Å². The van der Waals surface area contributed by atoms with Crippen molar-refractivity contribution in [2.24, 2.45) is 0 Å². The third kappa shape index (κ3) is 2.65. The van der Waals surface area contributed by atoms with Crippen molar-refractivity contribution in [3.05, 3.63) is 58.9 Å². The van der Waals surface area contributed by atoms with Gasteiger partial charge in [0.2, 0.25) is 0 Å². The maximum atomic E-state index is 11.6. The zero-order valence-corrected chi connectivity index (χ0v) is 12.8. The van der Waals surface area contributed by atoms with Crippen LogP contribution in [0, 0.1) is 0 Å². The summed E-state index contributed by atoms with van der Waals surface area (Å²) in [6.45, 7) is 0.928. The lowest BCUT2D eigenvalue weighted by atomic mass is 9.86. The van der Waals surface area contributed by atoms with Crippen LogP contribution in [0.25, 0.3) is 0 Å². The number of rotatable bonds is 3. The van der Waals surface area contributed by atoms with E-state index < -0.39 is 5.60 Å². The van der Waals surface area contributed by atoms with Crippen LogP contribution in [0.4, 0.5) is 5.69 Å². The van der Waals surface area contributed by atoms with Crippen LogP contribution in [0.15, 0.2) is 42.6 Å². The monoisotopic (exact) mass is 317 g/mol. The first-order valence-electron chi connectivity index (χ1n) is 6.93. The van der Waals surface area contributed by atoms with Crippen molar-refractivity contribution in [2.45, 2.75) is 5.60 Å². The van der Waals surface area contributed by atoms with Gasteiger partial charge in [0.15, 0.2) is 0 Å². The molecule has 2 heterocycles. The highest BCUT2D eigenvalue weighted by Crippen LogP contribution is 2.35. The fourth-order valence-corrected chi connectivity index (χ4v) is 2.70. The summed E-state index contributed by atoms with van der Waals surface area (Å²) < 4.78 is 0. The first kappa shape index (κ1) is 14.8. The molecule has 5 nitrogen and oxygen atoms in total. The second-order valence-electron chi connectivity index (χ2n) is 5.37. The molecule has 6 heteroatoms. The molecular weight excluding hydrogens is 302 g/mol. The molecule has 0 bridgehead atoms. The maximum Gasteiger partial charge on any atom is 0.269 e. The molecule has 1 saturated heterocycles. The Morgan fingerprint density at radius 2 is 2.00 bits per heavy atom. The number of nitrogens with one attached hydrogen (secondary N) is 1. The first-order valence-corrected chi connectivity index (χ1v) is 7.31. The number of aromatic nitrogens is 1. The summed E-state index contributed by atoms with van der Waals surface area (Å²) in [5, 5.41) is 13.8. The molecule has 1 aliphatic rings. The third-order valence-corrected chi connectivity index (χ3v) is 4.11. The maximum absolute atomic E-state index is 11.6. The van der Waals surface area contributed by atoms with Gasteiger partial charge in [-0.3, -0.25) is 9.78 Å². The van der Waals surface area contributed by atoms with E-state index in [0.717, 1.165) is 11.3 Å². The normalized spacial score (nSPS) is 16.0. The molecule has 1 aromatic heterocycles. The second kappa shape index (κ2) is 5.59. The molecule has 1 fully saturated rings. The highest BCUT2D eigenvalue weighted by atomic mass is 35.5. The van der Waals surface area contributed by atoms with Gasteiger partial charge in [0.25, 0.3) is 5.91 Å². The highest BCUT2D eigenvalue weighted by molar-refractivity contribution is 6.30. The van der Waals surface area contributed by atoms with Crippen LogP contribution in [0.5, 0.6) is 0 Å². The first-order chi connectivity index (χ1) is 10.5. The van der Waals surface area contributed by atoms with E-state index in [1.165, 1.54) is 0 Å². The lowest BCUT2D eigenvalue weighted by Gasteiger charge is -2.48. The van der Waals surface area contributed by atoms with Gasteiger partial charge in [0, 0.05) is 24.0 Å². The molecule has 114 valence electrons. The van der Waals surface area contributed by atoms with E-state index in [1.807, 2.05) is 23.1 Å². The van der Waals surface area contributed by atoms with Gasteiger partial charge in [0.05, 0.1) is 13.1 Å². The molecule has 0 aliphatic carbocycles. The number of nitrogens with zero attached hydrogens (tertiary/aromatic N) is 2. The standard InChI is InChI=1S/C16H16ClN3O2/c1-18-15(21)14-8-13(6-7-19-14)20-9-16(22,10-20)11-2-4-12(17)5-3-11/h2-8,22H,9-10H2,1H3,(H,18,21). The van der Waals surface area contributed by atoms with E-state index in [4.69, 9.17) is 11.6 Å². The van der Waals surface area contributed by atoms with Crippen LogP contribution in [0.2, 0.25) is 5.02 Å². The van der Waals surface area contributed by atoms with E-state index in [9.17, 15) is 9.90 Å². The van der Waals surface area contributed by atoms with Crippen molar-refractivity contribution in [3.63, 3.8) is 0 Å². The van der Waals surface area contributed by atoms with Crippen molar-refractivity contribution >= 4 is 23.2 Å². The van der Waals surface area contributed by atoms with Crippen LogP contribution < -0.4 is 10.2 Å². The average molecular weight is 318 g/mol. The summed E-state index contributed by atoms with van der Waals surface area (Å²) >= 11 is 5.87. The Kier molecular flexibility index (Phi) is 3.76. The average Bonchev–Trinajstić information content (AvgIpc) is 2.52. The Labute approximate surface area is 133 Å². The van der Waals surface area contributed by atoms with Gasteiger partial charge in [-0.25, -0.2) is 0 Å². The number of halogens is 1. The van der Waals surface area contributed by atoms with Gasteiger partial charge in [0.1, 0.15) is 11.3 Å². The Morgan fingerprint density at radius 1 is 1.32 bits per heavy atom. The minimum atomic E-state index is -0.888. The minimum Gasteiger partial charge on any atom is -0.381 e. The number of carbonyl (C=O) groups is 1. The largest absolute Gasteiger partial charge is 0.381 e. The zero-order chi connectivity index (χ0) is 15.7. The van der Waals surface area contributed by atoms with Crippen molar-refractivity contribution in [2.75, 3.05) is 25.0 Å². The molecule has 0 atom stereocenters. The van der Waals surface area contributed by atoms with Crippen LogP contribution >= 0.6 is 11.6 Å². The number of benzene rings is 1. The second-order valence-corrected chi connectivity index (χ2v) is 5.81.